The van der Waals surface area contributed by atoms with Crippen LogP contribution < -0.4 is 5.32 Å². The second-order valence-corrected chi connectivity index (χ2v) is 3.36. The Morgan fingerprint density at radius 1 is 1.56 bits per heavy atom. The fraction of sp³-hybridized carbons (Fsp3) is 0.727. The van der Waals surface area contributed by atoms with Crippen molar-refractivity contribution < 1.29 is 15.0 Å². The first-order valence-corrected chi connectivity index (χ1v) is 5.52. The van der Waals surface area contributed by atoms with E-state index in [0.29, 0.717) is 13.1 Å². The minimum absolute atomic E-state index is 0. The van der Waals surface area contributed by atoms with Crippen LogP contribution in [0, 0.1) is 0 Å². The van der Waals surface area contributed by atoms with E-state index in [2.05, 4.69) is 5.32 Å². The summed E-state index contributed by atoms with van der Waals surface area (Å²) in [5, 5.41) is 2.41. The molecule has 0 bridgehead atoms. The summed E-state index contributed by atoms with van der Waals surface area (Å²) < 4.78 is 25.4. The van der Waals surface area contributed by atoms with Crippen molar-refractivity contribution in [2.24, 2.45) is 0 Å². The second-order valence-electron chi connectivity index (χ2n) is 3.36. The first-order chi connectivity index (χ1) is 7.53. The zero-order chi connectivity index (χ0) is 12.6. The lowest BCUT2D eigenvalue weighted by Crippen LogP contribution is -2.25. The summed E-state index contributed by atoms with van der Waals surface area (Å²) >= 11 is 0. The molecule has 0 aliphatic carbocycles. The van der Waals surface area contributed by atoms with Gasteiger partial charge in [-0.05, 0) is 0 Å². The average molecular weight is 236 g/mol. The predicted octanol–water partition coefficient (Wildman–Crippen LogP) is 1.90. The van der Waals surface area contributed by atoms with E-state index in [1.807, 2.05) is 13.8 Å². The van der Waals surface area contributed by atoms with Crippen molar-refractivity contribution in [1.82, 2.24) is 10.2 Å². The molecular weight excluding hydrogens is 214 g/mol. The fourth-order valence-electron chi connectivity index (χ4n) is 1.35. The lowest BCUT2D eigenvalue weighted by atomic mass is 10.3. The van der Waals surface area contributed by atoms with Crippen LogP contribution in [0.25, 0.3) is 0 Å². The van der Waals surface area contributed by atoms with Crippen LogP contribution in [0.5, 0.6) is 0 Å². The van der Waals surface area contributed by atoms with Gasteiger partial charge in [0, 0.05) is 34.1 Å². The number of rotatable bonds is 3. The fourth-order valence-corrected chi connectivity index (χ4v) is 1.35. The molecule has 0 aromatic heterocycles. The zero-order valence-electron chi connectivity index (χ0n) is 10.1. The first-order valence-electron chi connectivity index (χ1n) is 5.52. The van der Waals surface area contributed by atoms with E-state index in [1.54, 1.807) is 11.0 Å². The smallest absolute Gasteiger partial charge is 0.261 e. The molecule has 1 saturated heterocycles. The summed E-state index contributed by atoms with van der Waals surface area (Å²) in [5.41, 5.74) is 0. The highest BCUT2D eigenvalue weighted by Gasteiger charge is 2.37. The number of likely N-dealkylation sites (tertiary alicyclic amines) is 1. The number of alkyl halides is 2. The Morgan fingerprint density at radius 3 is 2.62 bits per heavy atom. The quantitative estimate of drug-likeness (QED) is 0.759. The van der Waals surface area contributed by atoms with Crippen LogP contribution in [0.1, 0.15) is 21.7 Å². The van der Waals surface area contributed by atoms with Crippen LogP contribution in [-0.2, 0) is 4.79 Å². The highest BCUT2D eigenvalue weighted by Crippen LogP contribution is 2.26. The van der Waals surface area contributed by atoms with E-state index in [1.165, 1.54) is 13.1 Å². The van der Waals surface area contributed by atoms with Gasteiger partial charge in [0.1, 0.15) is 0 Å². The Balaban J connectivity index is 0. The van der Waals surface area contributed by atoms with Gasteiger partial charge in [-0.1, -0.05) is 19.9 Å². The van der Waals surface area contributed by atoms with E-state index < -0.39 is 5.92 Å². The predicted molar refractivity (Wildman–Crippen MR) is 62.7 cm³/mol. The molecule has 1 amide bonds. The molecule has 0 atom stereocenters. The Bertz CT molecular complexity index is 248. The molecule has 0 aromatic rings. The van der Waals surface area contributed by atoms with Gasteiger partial charge in [0.05, 0.1) is 6.54 Å². The van der Waals surface area contributed by atoms with E-state index in [0.717, 1.165) is 0 Å². The van der Waals surface area contributed by atoms with Gasteiger partial charge in [-0.25, -0.2) is 8.78 Å². The van der Waals surface area contributed by atoms with Crippen LogP contribution >= 0.6 is 0 Å². The molecule has 5 heteroatoms. The van der Waals surface area contributed by atoms with Crippen LogP contribution in [0.2, 0.25) is 0 Å². The van der Waals surface area contributed by atoms with E-state index >= 15 is 0 Å². The number of hydrogen-bond acceptors (Lipinski definition) is 2. The zero-order valence-corrected chi connectivity index (χ0v) is 10.1. The third kappa shape index (κ3) is 5.80. The van der Waals surface area contributed by atoms with Gasteiger partial charge < -0.3 is 5.32 Å². The minimum Gasteiger partial charge on any atom is -0.356 e. The first kappa shape index (κ1) is 15.0. The van der Waals surface area contributed by atoms with Crippen molar-refractivity contribution in [2.45, 2.75) is 26.2 Å². The van der Waals surface area contributed by atoms with Gasteiger partial charge in [-0.2, -0.15) is 0 Å². The number of carbonyl (C=O) groups excluding carboxylic acids is 1. The molecule has 1 fully saturated rings. The number of hydrogen-bond donors (Lipinski definition) is 1. The molecule has 1 heterocycles. The van der Waals surface area contributed by atoms with E-state index in [9.17, 15) is 13.6 Å². The van der Waals surface area contributed by atoms with E-state index in [4.69, 9.17) is 0 Å². The van der Waals surface area contributed by atoms with Crippen LogP contribution in [0.4, 0.5) is 8.78 Å². The molecule has 1 aliphatic rings. The molecule has 96 valence electrons. The molecule has 0 radical (unpaired) electrons. The Labute approximate surface area is 97.0 Å². The lowest BCUT2D eigenvalue weighted by Gasteiger charge is -2.12. The monoisotopic (exact) mass is 236 g/mol. The van der Waals surface area contributed by atoms with Crippen LogP contribution in [0.3, 0.4) is 0 Å². The summed E-state index contributed by atoms with van der Waals surface area (Å²) in [5.74, 6) is -2.77. The maximum absolute atomic E-state index is 12.7. The normalized spacial score (nSPS) is 19.3. The standard InChI is InChI=1S/C9H14F2N2O.C2H6.H2/c1-12-8(14)3-2-5-13-6-4-9(10,11)7-13;1-2;/h2-3H,4-7H2,1H3,(H,12,14);1-2H3;1H/b3-2+;;. The van der Waals surface area contributed by atoms with Crippen LogP contribution in [0.15, 0.2) is 12.2 Å². The molecule has 0 aromatic carbocycles. The van der Waals surface area contributed by atoms with Crippen molar-refractivity contribution in [1.29, 1.82) is 0 Å². The number of carbonyl (C=O) groups is 1. The highest BCUT2D eigenvalue weighted by atomic mass is 19.3. The van der Waals surface area contributed by atoms with Crippen molar-refractivity contribution in [3.05, 3.63) is 12.2 Å². The third-order valence-electron chi connectivity index (χ3n) is 2.13. The highest BCUT2D eigenvalue weighted by molar-refractivity contribution is 5.87. The van der Waals surface area contributed by atoms with Gasteiger partial charge in [-0.3, -0.25) is 9.69 Å². The molecular formula is C11H22F2N2O. The molecule has 1 N–H and O–H groups in total. The Kier molecular flexibility index (Phi) is 6.88. The molecule has 16 heavy (non-hydrogen) atoms. The number of nitrogens with one attached hydrogen (secondary N) is 1. The van der Waals surface area contributed by atoms with Gasteiger partial charge in [0.25, 0.3) is 5.92 Å². The van der Waals surface area contributed by atoms with Gasteiger partial charge in [0.15, 0.2) is 0 Å². The van der Waals surface area contributed by atoms with Crippen molar-refractivity contribution >= 4 is 5.91 Å². The lowest BCUT2D eigenvalue weighted by molar-refractivity contribution is -0.116. The van der Waals surface area contributed by atoms with Crippen molar-refractivity contribution in [3.8, 4) is 0 Å². The van der Waals surface area contributed by atoms with Crippen LogP contribution in [-0.4, -0.2) is 43.4 Å². The number of nitrogens with zero attached hydrogens (tertiary/aromatic N) is 1. The molecule has 0 unspecified atom stereocenters. The molecule has 0 spiro atoms. The summed E-state index contributed by atoms with van der Waals surface area (Å²) in [7, 11) is 1.52. The summed E-state index contributed by atoms with van der Waals surface area (Å²) in [6, 6.07) is 0. The third-order valence-corrected chi connectivity index (χ3v) is 2.13. The maximum atomic E-state index is 12.7. The van der Waals surface area contributed by atoms with Crippen molar-refractivity contribution in [3.63, 3.8) is 0 Å². The SMILES string of the molecule is CC.CNC(=O)/C=C/CN1CCC(F)(F)C1.[HH]. The molecule has 1 rings (SSSR count). The topological polar surface area (TPSA) is 32.3 Å². The van der Waals surface area contributed by atoms with Gasteiger partial charge in [-0.15, -0.1) is 0 Å². The second kappa shape index (κ2) is 7.33. The maximum Gasteiger partial charge on any atom is 0.261 e. The van der Waals surface area contributed by atoms with Gasteiger partial charge in [0.2, 0.25) is 5.91 Å². The largest absolute Gasteiger partial charge is 0.356 e. The van der Waals surface area contributed by atoms with Gasteiger partial charge >= 0.3 is 0 Å². The Hall–Kier alpha value is -0.970. The number of amides is 1. The number of halogens is 2. The summed E-state index contributed by atoms with van der Waals surface area (Å²) in [4.78, 5) is 12.4. The van der Waals surface area contributed by atoms with E-state index in [-0.39, 0.29) is 20.3 Å². The minimum atomic E-state index is -2.55. The molecule has 0 saturated carbocycles. The summed E-state index contributed by atoms with van der Waals surface area (Å²) in [6.07, 6.45) is 2.87. The molecule has 3 nitrogen and oxygen atoms in total. The Morgan fingerprint density at radius 2 is 2.19 bits per heavy atom. The average Bonchev–Trinajstić information content (AvgIpc) is 2.61. The number of likely N-dealkylation sites (N-methyl/N-ethyl adjacent to an activating group) is 1. The van der Waals surface area contributed by atoms with Crippen molar-refractivity contribution in [2.75, 3.05) is 26.7 Å². The summed E-state index contributed by atoms with van der Waals surface area (Å²) in [6.45, 7) is 4.60. The molecule has 1 aliphatic heterocycles.